The smallest absolute Gasteiger partial charge is 0.0714 e. The first-order valence-electron chi connectivity index (χ1n) is 2.81. The summed E-state index contributed by atoms with van der Waals surface area (Å²) in [4.78, 5) is 0. The Morgan fingerprint density at radius 3 is 1.88 bits per heavy atom. The first kappa shape index (κ1) is 8.41. The predicted octanol–water partition coefficient (Wildman–Crippen LogP) is 2.10. The first-order chi connectivity index (χ1) is 3.50. The van der Waals surface area contributed by atoms with Crippen molar-refractivity contribution in [2.45, 2.75) is 31.3 Å². The third kappa shape index (κ3) is 2.12. The van der Waals surface area contributed by atoms with E-state index in [0.717, 1.165) is 0 Å². The Morgan fingerprint density at radius 1 is 1.50 bits per heavy atom. The van der Waals surface area contributed by atoms with E-state index >= 15 is 0 Å². The van der Waals surface area contributed by atoms with Crippen molar-refractivity contribution in [3.8, 4) is 0 Å². The molecule has 0 heterocycles. The quantitative estimate of drug-likeness (QED) is 0.513. The van der Waals surface area contributed by atoms with Crippen molar-refractivity contribution < 1.29 is 0 Å². The van der Waals surface area contributed by atoms with Gasteiger partial charge >= 0.3 is 0 Å². The van der Waals surface area contributed by atoms with Crippen LogP contribution < -0.4 is 0 Å². The van der Waals surface area contributed by atoms with E-state index in [4.69, 9.17) is 7.85 Å². The van der Waals surface area contributed by atoms with Gasteiger partial charge in [0.15, 0.2) is 0 Å². The molecule has 0 bridgehead atoms. The summed E-state index contributed by atoms with van der Waals surface area (Å²) in [6, 6.07) is 0. The molecule has 0 rings (SSSR count). The molecular weight excluding hydrogens is 115 g/mol. The zero-order valence-electron chi connectivity index (χ0n) is 6.06. The lowest BCUT2D eigenvalue weighted by Crippen LogP contribution is -2.19. The van der Waals surface area contributed by atoms with Crippen molar-refractivity contribution in [3.05, 3.63) is 0 Å². The zero-order valence-corrected chi connectivity index (χ0v) is 6.88. The van der Waals surface area contributed by atoms with E-state index in [9.17, 15) is 0 Å². The molecule has 8 heavy (non-hydrogen) atoms. The second-order valence-corrected chi connectivity index (χ2v) is 4.06. The van der Waals surface area contributed by atoms with Crippen LogP contribution in [0.1, 0.15) is 20.8 Å². The van der Waals surface area contributed by atoms with E-state index in [1.54, 1.807) is 0 Å². The van der Waals surface area contributed by atoms with Crippen LogP contribution in [0.2, 0.25) is 5.82 Å². The van der Waals surface area contributed by atoms with Gasteiger partial charge in [0.2, 0.25) is 0 Å². The molecule has 0 aromatic rings. The molecule has 0 aliphatic heterocycles. The number of rotatable bonds is 2. The Hall–Kier alpha value is 0.415. The normalized spacial score (nSPS) is 16.0. The predicted molar refractivity (Wildman–Crippen MR) is 42.8 cm³/mol. The molecular formula is C6H13BS. The fourth-order valence-electron chi connectivity index (χ4n) is 0.186. The lowest BCUT2D eigenvalue weighted by Gasteiger charge is -2.26. The summed E-state index contributed by atoms with van der Waals surface area (Å²) in [6.07, 6.45) is 2.09. The van der Waals surface area contributed by atoms with Crippen molar-refractivity contribution in [3.63, 3.8) is 0 Å². The van der Waals surface area contributed by atoms with Crippen LogP contribution in [0.25, 0.3) is 0 Å². The van der Waals surface area contributed by atoms with Gasteiger partial charge in [-0.3, -0.25) is 0 Å². The fourth-order valence-corrected chi connectivity index (χ4v) is 0.558. The number of hydrogen-bond acceptors (Lipinski definition) is 1. The molecule has 46 valence electrons. The molecule has 0 fully saturated rings. The molecule has 1 atom stereocenters. The highest BCUT2D eigenvalue weighted by Gasteiger charge is 2.19. The van der Waals surface area contributed by atoms with Crippen molar-refractivity contribution in [2.24, 2.45) is 0 Å². The van der Waals surface area contributed by atoms with E-state index < -0.39 is 0 Å². The minimum absolute atomic E-state index is 0.236. The average molecular weight is 128 g/mol. The van der Waals surface area contributed by atoms with E-state index in [0.29, 0.717) is 0 Å². The molecule has 0 saturated carbocycles. The maximum absolute atomic E-state index is 5.66. The van der Waals surface area contributed by atoms with Crippen LogP contribution in [0.5, 0.6) is 0 Å². The summed E-state index contributed by atoms with van der Waals surface area (Å²) >= 11 is 1.81. The molecule has 0 saturated heterocycles. The molecule has 0 aliphatic rings. The standard InChI is InChI=1S/C6H13BS/c1-5(7)6(2,3)8-4/h5H,1-4H3/t5-/m1/s1. The highest BCUT2D eigenvalue weighted by molar-refractivity contribution is 8.00. The second-order valence-electron chi connectivity index (χ2n) is 2.60. The molecule has 0 spiro atoms. The van der Waals surface area contributed by atoms with Crippen molar-refractivity contribution >= 4 is 19.6 Å². The summed E-state index contributed by atoms with van der Waals surface area (Å²) < 4.78 is 0.236. The Morgan fingerprint density at radius 2 is 1.88 bits per heavy atom. The van der Waals surface area contributed by atoms with Gasteiger partial charge < -0.3 is 0 Å². The van der Waals surface area contributed by atoms with Gasteiger partial charge in [0.05, 0.1) is 7.85 Å². The molecule has 0 nitrogen and oxygen atoms in total. The van der Waals surface area contributed by atoms with Gasteiger partial charge in [0.25, 0.3) is 0 Å². The van der Waals surface area contributed by atoms with E-state index in [-0.39, 0.29) is 10.6 Å². The topological polar surface area (TPSA) is 0 Å². The lowest BCUT2D eigenvalue weighted by molar-refractivity contribution is 0.685. The monoisotopic (exact) mass is 128 g/mol. The van der Waals surface area contributed by atoms with Crippen molar-refractivity contribution in [1.82, 2.24) is 0 Å². The zero-order chi connectivity index (χ0) is 6.78. The highest BCUT2D eigenvalue weighted by Crippen LogP contribution is 2.31. The molecule has 0 unspecified atom stereocenters. The molecule has 0 amide bonds. The van der Waals surface area contributed by atoms with Crippen molar-refractivity contribution in [1.29, 1.82) is 0 Å². The van der Waals surface area contributed by atoms with E-state index in [2.05, 4.69) is 20.1 Å². The molecule has 0 aromatic heterocycles. The summed E-state index contributed by atoms with van der Waals surface area (Å²) in [6.45, 7) is 6.35. The molecule has 0 N–H and O–H groups in total. The van der Waals surface area contributed by atoms with Gasteiger partial charge in [-0.25, -0.2) is 0 Å². The summed E-state index contributed by atoms with van der Waals surface area (Å²) in [7, 11) is 5.66. The van der Waals surface area contributed by atoms with Gasteiger partial charge in [-0.2, -0.15) is 11.8 Å². The van der Waals surface area contributed by atoms with Crippen LogP contribution in [0.15, 0.2) is 0 Å². The van der Waals surface area contributed by atoms with Crippen LogP contribution in [-0.4, -0.2) is 18.8 Å². The Balaban J connectivity index is 3.71. The molecule has 0 aliphatic carbocycles. The van der Waals surface area contributed by atoms with Gasteiger partial charge in [-0.05, 0) is 6.26 Å². The number of hydrogen-bond donors (Lipinski definition) is 0. The SMILES string of the molecule is [B][C@H](C)C(C)(C)SC. The second kappa shape index (κ2) is 2.81. The van der Waals surface area contributed by atoms with Crippen LogP contribution in [0.3, 0.4) is 0 Å². The lowest BCUT2D eigenvalue weighted by atomic mass is 9.79. The van der Waals surface area contributed by atoms with Crippen LogP contribution in [0, 0.1) is 0 Å². The van der Waals surface area contributed by atoms with Gasteiger partial charge in [-0.1, -0.05) is 26.6 Å². The Bertz CT molecular complexity index is 68.9. The largest absolute Gasteiger partial charge is 0.160 e. The van der Waals surface area contributed by atoms with E-state index in [1.807, 2.05) is 18.7 Å². The third-order valence-corrected chi connectivity index (χ3v) is 3.05. The van der Waals surface area contributed by atoms with Crippen molar-refractivity contribution in [2.75, 3.05) is 6.26 Å². The molecule has 2 radical (unpaired) electrons. The highest BCUT2D eigenvalue weighted by atomic mass is 32.2. The molecule has 2 heteroatoms. The Labute approximate surface area is 57.8 Å². The average Bonchev–Trinajstić information content (AvgIpc) is 1.67. The maximum Gasteiger partial charge on any atom is 0.0714 e. The maximum atomic E-state index is 5.66. The van der Waals surface area contributed by atoms with Crippen LogP contribution >= 0.6 is 11.8 Å². The summed E-state index contributed by atoms with van der Waals surface area (Å²) in [5, 5.41) is 0. The van der Waals surface area contributed by atoms with Crippen LogP contribution in [0.4, 0.5) is 0 Å². The van der Waals surface area contributed by atoms with Gasteiger partial charge in [0.1, 0.15) is 0 Å². The van der Waals surface area contributed by atoms with Gasteiger partial charge in [-0.15, -0.1) is 0 Å². The summed E-state index contributed by atoms with van der Waals surface area (Å²) in [5.41, 5.74) is 0. The fraction of sp³-hybridized carbons (Fsp3) is 1.00. The first-order valence-corrected chi connectivity index (χ1v) is 4.04. The minimum atomic E-state index is 0.236. The van der Waals surface area contributed by atoms with Gasteiger partial charge in [0, 0.05) is 4.75 Å². The van der Waals surface area contributed by atoms with E-state index in [1.165, 1.54) is 0 Å². The molecule has 0 aromatic carbocycles. The number of thioether (sulfide) groups is 1. The third-order valence-electron chi connectivity index (χ3n) is 1.62. The van der Waals surface area contributed by atoms with Crippen LogP contribution in [-0.2, 0) is 0 Å². The Kier molecular flexibility index (Phi) is 2.96. The minimum Gasteiger partial charge on any atom is -0.160 e. The summed E-state index contributed by atoms with van der Waals surface area (Å²) in [5.74, 6) is 0.275.